The molecule has 1 heterocycles. The number of halogens is 1. The van der Waals surface area contributed by atoms with E-state index >= 15 is 0 Å². The van der Waals surface area contributed by atoms with Gasteiger partial charge in [-0.3, -0.25) is 14.4 Å². The molecule has 134 valence electrons. The monoisotopic (exact) mass is 355 g/mol. The lowest BCUT2D eigenvalue weighted by Crippen LogP contribution is -2.29. The second-order valence-electron chi connectivity index (χ2n) is 6.07. The first-order valence-electron chi connectivity index (χ1n) is 8.23. The van der Waals surface area contributed by atoms with Gasteiger partial charge in [-0.05, 0) is 55.3 Å². The van der Waals surface area contributed by atoms with Crippen LogP contribution in [0.15, 0.2) is 42.5 Å². The van der Waals surface area contributed by atoms with E-state index in [0.717, 1.165) is 23.7 Å². The maximum absolute atomic E-state index is 13.1. The predicted molar refractivity (Wildman–Crippen MR) is 96.4 cm³/mol. The maximum atomic E-state index is 13.1. The number of rotatable bonds is 3. The Morgan fingerprint density at radius 1 is 1.04 bits per heavy atom. The average Bonchev–Trinajstić information content (AvgIpc) is 3.01. The van der Waals surface area contributed by atoms with E-state index in [1.165, 1.54) is 18.2 Å². The minimum Gasteiger partial charge on any atom is -0.318 e. The van der Waals surface area contributed by atoms with Gasteiger partial charge in [0.05, 0.1) is 0 Å². The summed E-state index contributed by atoms with van der Waals surface area (Å²) in [6.45, 7) is 2.52. The summed E-state index contributed by atoms with van der Waals surface area (Å²) >= 11 is 0. The number of amides is 3. The molecule has 3 amide bonds. The van der Waals surface area contributed by atoms with Gasteiger partial charge in [-0.25, -0.2) is 4.39 Å². The molecule has 0 saturated carbocycles. The van der Waals surface area contributed by atoms with Crippen molar-refractivity contribution < 1.29 is 18.8 Å². The van der Waals surface area contributed by atoms with Crippen LogP contribution in [0, 0.1) is 12.7 Å². The smallest absolute Gasteiger partial charge is 0.314 e. The Morgan fingerprint density at radius 3 is 2.31 bits per heavy atom. The predicted octanol–water partition coefficient (Wildman–Crippen LogP) is 2.84. The van der Waals surface area contributed by atoms with E-state index in [1.54, 1.807) is 23.1 Å². The Kier molecular flexibility index (Phi) is 4.97. The van der Waals surface area contributed by atoms with E-state index in [1.807, 2.05) is 6.92 Å². The summed E-state index contributed by atoms with van der Waals surface area (Å²) in [5.41, 5.74) is 2.26. The number of nitrogens with zero attached hydrogens (tertiary/aromatic N) is 1. The fourth-order valence-electron chi connectivity index (χ4n) is 2.88. The van der Waals surface area contributed by atoms with Gasteiger partial charge in [-0.15, -0.1) is 0 Å². The maximum Gasteiger partial charge on any atom is 0.314 e. The lowest BCUT2D eigenvalue weighted by molar-refractivity contribution is -0.133. The zero-order valence-corrected chi connectivity index (χ0v) is 14.2. The van der Waals surface area contributed by atoms with Crippen molar-refractivity contribution in [2.24, 2.45) is 0 Å². The average molecular weight is 355 g/mol. The summed E-state index contributed by atoms with van der Waals surface area (Å²) in [6, 6.07) is 10.4. The summed E-state index contributed by atoms with van der Waals surface area (Å²) in [5, 5.41) is 4.83. The number of nitrogens with one attached hydrogen (secondary N) is 2. The number of benzene rings is 2. The van der Waals surface area contributed by atoms with Gasteiger partial charge in [-0.2, -0.15) is 0 Å². The van der Waals surface area contributed by atoms with E-state index in [9.17, 15) is 18.8 Å². The Balaban J connectivity index is 1.66. The highest BCUT2D eigenvalue weighted by molar-refractivity contribution is 6.43. The fourth-order valence-corrected chi connectivity index (χ4v) is 2.88. The summed E-state index contributed by atoms with van der Waals surface area (Å²) in [6.07, 6.45) is 1.37. The quantitative estimate of drug-likeness (QED) is 0.831. The molecule has 2 aromatic carbocycles. The molecule has 0 radical (unpaired) electrons. The van der Waals surface area contributed by atoms with Gasteiger partial charge in [0.1, 0.15) is 5.82 Å². The molecule has 26 heavy (non-hydrogen) atoms. The molecule has 0 spiro atoms. The summed E-state index contributed by atoms with van der Waals surface area (Å²) in [5.74, 6) is -2.18. The lowest BCUT2D eigenvalue weighted by atomic mass is 10.1. The van der Waals surface area contributed by atoms with Crippen LogP contribution >= 0.6 is 0 Å². The van der Waals surface area contributed by atoms with Crippen molar-refractivity contribution >= 4 is 34.8 Å². The largest absolute Gasteiger partial charge is 0.318 e. The highest BCUT2D eigenvalue weighted by Crippen LogP contribution is 2.27. The highest BCUT2D eigenvalue weighted by atomic mass is 19.1. The van der Waals surface area contributed by atoms with Crippen molar-refractivity contribution in [1.29, 1.82) is 0 Å². The molecule has 1 aliphatic rings. The first-order valence-corrected chi connectivity index (χ1v) is 8.23. The number of anilines is 3. The standard InChI is InChI=1S/C19H18FN3O3/c1-12-10-15(7-8-16(12)23-9-3-6-17(23)24)22-19(26)18(25)21-14-5-2-4-13(20)11-14/h2,4-5,7-8,10-11H,3,6,9H2,1H3,(H,21,25)(H,22,26). The molecule has 0 bridgehead atoms. The van der Waals surface area contributed by atoms with Crippen LogP contribution in [-0.4, -0.2) is 24.3 Å². The normalized spacial score (nSPS) is 13.6. The Hall–Kier alpha value is -3.22. The van der Waals surface area contributed by atoms with E-state index in [4.69, 9.17) is 0 Å². The van der Waals surface area contributed by atoms with Gasteiger partial charge in [0, 0.05) is 30.0 Å². The van der Waals surface area contributed by atoms with Gasteiger partial charge in [0.15, 0.2) is 0 Å². The summed E-state index contributed by atoms with van der Waals surface area (Å²) in [7, 11) is 0. The van der Waals surface area contributed by atoms with E-state index < -0.39 is 17.6 Å². The molecule has 0 atom stereocenters. The molecule has 2 N–H and O–H groups in total. The number of aryl methyl sites for hydroxylation is 1. The third kappa shape index (κ3) is 3.88. The van der Waals surface area contributed by atoms with Crippen LogP contribution in [0.2, 0.25) is 0 Å². The number of hydrogen-bond acceptors (Lipinski definition) is 3. The Morgan fingerprint density at radius 2 is 1.73 bits per heavy atom. The topological polar surface area (TPSA) is 78.5 Å². The van der Waals surface area contributed by atoms with Crippen molar-refractivity contribution in [2.75, 3.05) is 22.1 Å². The van der Waals surface area contributed by atoms with E-state index in [2.05, 4.69) is 10.6 Å². The molecule has 1 saturated heterocycles. The molecule has 0 aromatic heterocycles. The van der Waals surface area contributed by atoms with Crippen LogP contribution in [0.25, 0.3) is 0 Å². The van der Waals surface area contributed by atoms with Gasteiger partial charge in [0.25, 0.3) is 0 Å². The van der Waals surface area contributed by atoms with E-state index in [0.29, 0.717) is 18.7 Å². The molecular formula is C19H18FN3O3. The number of carbonyl (C=O) groups excluding carboxylic acids is 3. The second kappa shape index (κ2) is 7.35. The van der Waals surface area contributed by atoms with Crippen molar-refractivity contribution in [2.45, 2.75) is 19.8 Å². The molecule has 0 aliphatic carbocycles. The van der Waals surface area contributed by atoms with Gasteiger partial charge in [-0.1, -0.05) is 6.07 Å². The van der Waals surface area contributed by atoms with Crippen LogP contribution < -0.4 is 15.5 Å². The first kappa shape index (κ1) is 17.6. The fraction of sp³-hybridized carbons (Fsp3) is 0.211. The van der Waals surface area contributed by atoms with Gasteiger partial charge in [0.2, 0.25) is 5.91 Å². The van der Waals surface area contributed by atoms with Crippen LogP contribution in [0.4, 0.5) is 21.5 Å². The van der Waals surface area contributed by atoms with Crippen molar-refractivity contribution in [3.8, 4) is 0 Å². The van der Waals surface area contributed by atoms with Crippen molar-refractivity contribution in [3.63, 3.8) is 0 Å². The molecule has 7 heteroatoms. The third-order valence-electron chi connectivity index (χ3n) is 4.11. The molecule has 1 fully saturated rings. The summed E-state index contributed by atoms with van der Waals surface area (Å²) < 4.78 is 13.1. The Labute approximate surface area is 150 Å². The molecule has 2 aromatic rings. The highest BCUT2D eigenvalue weighted by Gasteiger charge is 2.23. The summed E-state index contributed by atoms with van der Waals surface area (Å²) in [4.78, 5) is 37.5. The van der Waals surface area contributed by atoms with Crippen LogP contribution in [-0.2, 0) is 14.4 Å². The zero-order chi connectivity index (χ0) is 18.7. The minimum atomic E-state index is -0.896. The lowest BCUT2D eigenvalue weighted by Gasteiger charge is -2.19. The number of hydrogen-bond donors (Lipinski definition) is 2. The molecule has 0 unspecified atom stereocenters. The minimum absolute atomic E-state index is 0.0827. The number of carbonyl (C=O) groups is 3. The van der Waals surface area contributed by atoms with Crippen LogP contribution in [0.3, 0.4) is 0 Å². The first-order chi connectivity index (χ1) is 12.4. The van der Waals surface area contributed by atoms with Crippen molar-refractivity contribution in [3.05, 3.63) is 53.8 Å². The molecule has 3 rings (SSSR count). The van der Waals surface area contributed by atoms with Gasteiger partial charge >= 0.3 is 11.8 Å². The van der Waals surface area contributed by atoms with E-state index in [-0.39, 0.29) is 11.6 Å². The van der Waals surface area contributed by atoms with Crippen LogP contribution in [0.1, 0.15) is 18.4 Å². The zero-order valence-electron chi connectivity index (χ0n) is 14.2. The third-order valence-corrected chi connectivity index (χ3v) is 4.11. The van der Waals surface area contributed by atoms with Gasteiger partial charge < -0.3 is 15.5 Å². The SMILES string of the molecule is Cc1cc(NC(=O)C(=O)Nc2cccc(F)c2)ccc1N1CCCC1=O. The second-order valence-corrected chi connectivity index (χ2v) is 6.07. The molecule has 6 nitrogen and oxygen atoms in total. The van der Waals surface area contributed by atoms with Crippen LogP contribution in [0.5, 0.6) is 0 Å². The molecular weight excluding hydrogens is 337 g/mol. The van der Waals surface area contributed by atoms with Crippen molar-refractivity contribution in [1.82, 2.24) is 0 Å². The Bertz CT molecular complexity index is 882. The molecule has 1 aliphatic heterocycles.